The van der Waals surface area contributed by atoms with E-state index in [4.69, 9.17) is 0 Å². The lowest BCUT2D eigenvalue weighted by Gasteiger charge is -2.03. The van der Waals surface area contributed by atoms with Gasteiger partial charge in [-0.2, -0.15) is 0 Å². The van der Waals surface area contributed by atoms with Crippen molar-refractivity contribution < 1.29 is 13.2 Å². The number of hydrogen-bond acceptors (Lipinski definition) is 3. The third kappa shape index (κ3) is 4.48. The van der Waals surface area contributed by atoms with Gasteiger partial charge in [0.1, 0.15) is 0 Å². The number of hydrogen-bond donors (Lipinski definition) is 1. The van der Waals surface area contributed by atoms with Crippen molar-refractivity contribution in [3.05, 3.63) is 33.4 Å². The van der Waals surface area contributed by atoms with Gasteiger partial charge in [0, 0.05) is 16.4 Å². The molecule has 4 nitrogen and oxygen atoms in total. The highest BCUT2D eigenvalue weighted by molar-refractivity contribution is 14.1. The number of rotatable bonds is 3. The lowest BCUT2D eigenvalue weighted by atomic mass is 10.1. The second-order valence-electron chi connectivity index (χ2n) is 3.36. The summed E-state index contributed by atoms with van der Waals surface area (Å²) in [5.74, 6) is 0. The van der Waals surface area contributed by atoms with Crippen molar-refractivity contribution in [2.45, 2.75) is 6.42 Å². The van der Waals surface area contributed by atoms with E-state index >= 15 is 0 Å². The van der Waals surface area contributed by atoms with E-state index in [9.17, 15) is 13.2 Å². The normalized spacial score (nSPS) is 11.1. The number of nitrogens with one attached hydrogen (secondary N) is 1. The Morgan fingerprint density at radius 1 is 1.31 bits per heavy atom. The van der Waals surface area contributed by atoms with Crippen LogP contribution in [0.2, 0.25) is 0 Å². The highest BCUT2D eigenvalue weighted by atomic mass is 127. The molecule has 0 spiro atoms. The Bertz CT molecular complexity index is 467. The van der Waals surface area contributed by atoms with Crippen molar-refractivity contribution in [2.24, 2.45) is 0 Å². The van der Waals surface area contributed by atoms with E-state index in [1.807, 2.05) is 24.3 Å². The molecule has 0 heterocycles. The second kappa shape index (κ2) is 5.62. The van der Waals surface area contributed by atoms with E-state index in [2.05, 4.69) is 27.9 Å². The predicted octanol–water partition coefficient (Wildman–Crippen LogP) is 1.59. The summed E-state index contributed by atoms with van der Waals surface area (Å²) in [6, 6.07) is 7.84. The molecule has 0 aliphatic heterocycles. The van der Waals surface area contributed by atoms with E-state index in [0.29, 0.717) is 13.0 Å². The predicted molar refractivity (Wildman–Crippen MR) is 71.1 cm³/mol. The molecule has 1 N–H and O–H groups in total. The standard InChI is InChI=1S/C10H12INO3S/c1-16(14,15)10(13)12-7-6-8-2-4-9(11)5-3-8/h2-5H,6-7H2,1H3,(H,12,13). The Labute approximate surface area is 108 Å². The zero-order chi connectivity index (χ0) is 12.2. The maximum Gasteiger partial charge on any atom is 0.336 e. The summed E-state index contributed by atoms with van der Waals surface area (Å²) < 4.78 is 22.8. The van der Waals surface area contributed by atoms with Crippen molar-refractivity contribution in [2.75, 3.05) is 12.8 Å². The number of carbonyl (C=O) groups is 1. The summed E-state index contributed by atoms with van der Waals surface area (Å²) in [4.78, 5) is 11.0. The smallest absolute Gasteiger partial charge is 0.336 e. The van der Waals surface area contributed by atoms with Crippen LogP contribution in [-0.2, 0) is 16.3 Å². The molecule has 1 aromatic rings. The molecule has 0 aliphatic carbocycles. The molecule has 0 aliphatic rings. The Morgan fingerprint density at radius 2 is 1.88 bits per heavy atom. The Balaban J connectivity index is 2.42. The van der Waals surface area contributed by atoms with Crippen LogP contribution in [0.25, 0.3) is 0 Å². The number of benzene rings is 1. The van der Waals surface area contributed by atoms with Gasteiger partial charge >= 0.3 is 5.24 Å². The minimum atomic E-state index is -3.62. The first-order valence-electron chi connectivity index (χ1n) is 4.62. The van der Waals surface area contributed by atoms with Gasteiger partial charge in [-0.25, -0.2) is 8.42 Å². The highest BCUT2D eigenvalue weighted by Gasteiger charge is 2.13. The molecule has 88 valence electrons. The average Bonchev–Trinajstić information content (AvgIpc) is 2.19. The van der Waals surface area contributed by atoms with E-state index in [1.54, 1.807) is 0 Å². The molecule has 6 heteroatoms. The van der Waals surface area contributed by atoms with Gasteiger partial charge in [0.05, 0.1) is 0 Å². The fraction of sp³-hybridized carbons (Fsp3) is 0.300. The van der Waals surface area contributed by atoms with Gasteiger partial charge in [0.25, 0.3) is 0 Å². The highest BCUT2D eigenvalue weighted by Crippen LogP contribution is 2.06. The quantitative estimate of drug-likeness (QED) is 0.840. The van der Waals surface area contributed by atoms with Crippen LogP contribution in [0, 0.1) is 3.57 Å². The van der Waals surface area contributed by atoms with Crippen molar-refractivity contribution in [3.8, 4) is 0 Å². The van der Waals surface area contributed by atoms with Crippen LogP contribution in [-0.4, -0.2) is 26.5 Å². The summed E-state index contributed by atoms with van der Waals surface area (Å²) in [7, 11) is -3.62. The molecule has 16 heavy (non-hydrogen) atoms. The second-order valence-corrected chi connectivity index (χ2v) is 6.52. The summed E-state index contributed by atoms with van der Waals surface area (Å²) in [5.41, 5.74) is 1.06. The fourth-order valence-corrected chi connectivity index (χ4v) is 1.81. The largest absolute Gasteiger partial charge is 0.343 e. The van der Waals surface area contributed by atoms with E-state index in [0.717, 1.165) is 15.4 Å². The topological polar surface area (TPSA) is 63.2 Å². The molecule has 0 fully saturated rings. The first-order chi connectivity index (χ1) is 7.39. The summed E-state index contributed by atoms with van der Waals surface area (Å²) in [5, 5.41) is 1.44. The SMILES string of the molecule is CS(=O)(=O)C(=O)NCCc1ccc(I)cc1. The lowest BCUT2D eigenvalue weighted by molar-refractivity contribution is 0.258. The Hall–Kier alpha value is -0.630. The number of amides is 1. The first-order valence-corrected chi connectivity index (χ1v) is 7.59. The van der Waals surface area contributed by atoms with Crippen molar-refractivity contribution in [3.63, 3.8) is 0 Å². The molecule has 1 rings (SSSR count). The molecule has 0 saturated heterocycles. The monoisotopic (exact) mass is 353 g/mol. The van der Waals surface area contributed by atoms with Gasteiger partial charge < -0.3 is 5.32 Å². The van der Waals surface area contributed by atoms with Gasteiger partial charge in [-0.05, 0) is 46.7 Å². The maximum atomic E-state index is 11.0. The van der Waals surface area contributed by atoms with Crippen LogP contribution in [0.5, 0.6) is 0 Å². The molecule has 0 bridgehead atoms. The number of halogens is 1. The number of carbonyl (C=O) groups excluding carboxylic acids is 1. The minimum Gasteiger partial charge on any atom is -0.343 e. The molecule has 1 amide bonds. The molecule has 1 aromatic carbocycles. The van der Waals surface area contributed by atoms with Crippen LogP contribution in [0.4, 0.5) is 4.79 Å². The van der Waals surface area contributed by atoms with Crippen molar-refractivity contribution >= 4 is 37.7 Å². The molecular weight excluding hydrogens is 341 g/mol. The van der Waals surface area contributed by atoms with Gasteiger partial charge in [0.2, 0.25) is 9.84 Å². The summed E-state index contributed by atoms with van der Waals surface area (Å²) >= 11 is 2.21. The van der Waals surface area contributed by atoms with Gasteiger partial charge in [-0.1, -0.05) is 12.1 Å². The molecule has 0 unspecified atom stereocenters. The average molecular weight is 353 g/mol. The molecular formula is C10H12INO3S. The Morgan fingerprint density at radius 3 is 2.38 bits per heavy atom. The van der Waals surface area contributed by atoms with Crippen molar-refractivity contribution in [1.82, 2.24) is 5.32 Å². The lowest BCUT2D eigenvalue weighted by Crippen LogP contribution is -2.30. The van der Waals surface area contributed by atoms with Gasteiger partial charge in [-0.3, -0.25) is 4.79 Å². The zero-order valence-electron chi connectivity index (χ0n) is 8.73. The van der Waals surface area contributed by atoms with Gasteiger partial charge in [-0.15, -0.1) is 0 Å². The first kappa shape index (κ1) is 13.4. The number of sulfone groups is 1. The third-order valence-electron chi connectivity index (χ3n) is 1.93. The van der Waals surface area contributed by atoms with Crippen LogP contribution >= 0.6 is 22.6 Å². The zero-order valence-corrected chi connectivity index (χ0v) is 11.7. The van der Waals surface area contributed by atoms with Crippen LogP contribution in [0.1, 0.15) is 5.56 Å². The molecule has 0 aromatic heterocycles. The Kier molecular flexibility index (Phi) is 4.72. The third-order valence-corrected chi connectivity index (χ3v) is 3.47. The van der Waals surface area contributed by atoms with Crippen LogP contribution in [0.3, 0.4) is 0 Å². The van der Waals surface area contributed by atoms with E-state index in [-0.39, 0.29) is 0 Å². The van der Waals surface area contributed by atoms with E-state index in [1.165, 1.54) is 0 Å². The maximum absolute atomic E-state index is 11.0. The molecule has 0 saturated carbocycles. The minimum absolute atomic E-state index is 0.326. The molecule has 0 atom stereocenters. The summed E-state index contributed by atoms with van der Waals surface area (Å²) in [6.07, 6.45) is 1.52. The van der Waals surface area contributed by atoms with E-state index < -0.39 is 15.1 Å². The van der Waals surface area contributed by atoms with Crippen LogP contribution in [0.15, 0.2) is 24.3 Å². The van der Waals surface area contributed by atoms with Crippen LogP contribution < -0.4 is 5.32 Å². The van der Waals surface area contributed by atoms with Gasteiger partial charge in [0.15, 0.2) is 0 Å². The van der Waals surface area contributed by atoms with Crippen molar-refractivity contribution in [1.29, 1.82) is 0 Å². The summed E-state index contributed by atoms with van der Waals surface area (Å²) in [6.45, 7) is 0.326. The molecule has 0 radical (unpaired) electrons. The fourth-order valence-electron chi connectivity index (χ4n) is 1.09.